The van der Waals surface area contributed by atoms with Crippen molar-refractivity contribution < 1.29 is 19.4 Å². The van der Waals surface area contributed by atoms with Gasteiger partial charge < -0.3 is 9.84 Å². The van der Waals surface area contributed by atoms with Crippen molar-refractivity contribution in [1.29, 1.82) is 0 Å². The highest BCUT2D eigenvalue weighted by molar-refractivity contribution is 5.88. The van der Waals surface area contributed by atoms with Crippen LogP contribution in [0.15, 0.2) is 0 Å². The molecule has 1 fully saturated rings. The number of carboxylic acid groups (broad SMARTS) is 1. The molecule has 1 N–H and O–H groups in total. The molecule has 4 nitrogen and oxygen atoms in total. The number of hydrogen-bond donors (Lipinski definition) is 1. The Bertz CT molecular complexity index is 131. The van der Waals surface area contributed by atoms with E-state index in [1.54, 1.807) is 0 Å². The van der Waals surface area contributed by atoms with Crippen molar-refractivity contribution >= 4 is 11.9 Å². The molecule has 0 amide bonds. The minimum Gasteiger partial charge on any atom is -0.478 e. The van der Waals surface area contributed by atoms with Gasteiger partial charge in [0.2, 0.25) is 6.10 Å². The highest BCUT2D eigenvalue weighted by atomic mass is 16.6. The molecule has 0 saturated carbocycles. The van der Waals surface area contributed by atoms with Crippen LogP contribution in [0.2, 0.25) is 0 Å². The fourth-order valence-electron chi connectivity index (χ4n) is 0.438. The van der Waals surface area contributed by atoms with E-state index in [0.717, 1.165) is 0 Å². The van der Waals surface area contributed by atoms with Gasteiger partial charge in [0.15, 0.2) is 0 Å². The van der Waals surface area contributed by atoms with Crippen molar-refractivity contribution in [1.82, 2.24) is 0 Å². The van der Waals surface area contributed by atoms with Crippen molar-refractivity contribution in [2.24, 2.45) is 0 Å². The molecule has 0 unspecified atom stereocenters. The van der Waals surface area contributed by atoms with Crippen LogP contribution in [-0.2, 0) is 14.3 Å². The summed E-state index contributed by atoms with van der Waals surface area (Å²) in [5, 5.41) is 8.07. The van der Waals surface area contributed by atoms with Crippen molar-refractivity contribution in [2.75, 3.05) is 0 Å². The Hall–Kier alpha value is -1.06. The third-order valence-electron chi connectivity index (χ3n) is 0.901. The maximum Gasteiger partial charge on any atom is 0.345 e. The number of hydrogen-bond acceptors (Lipinski definition) is 3. The van der Waals surface area contributed by atoms with Gasteiger partial charge in [-0.2, -0.15) is 0 Å². The fraction of sp³-hybridized carbons (Fsp3) is 0.500. The molecule has 0 aromatic rings. The fourth-order valence-corrected chi connectivity index (χ4v) is 0.438. The summed E-state index contributed by atoms with van der Waals surface area (Å²) in [4.78, 5) is 19.8. The van der Waals surface area contributed by atoms with Gasteiger partial charge in [-0.05, 0) is 0 Å². The van der Waals surface area contributed by atoms with E-state index in [1.165, 1.54) is 0 Å². The van der Waals surface area contributed by atoms with Crippen LogP contribution in [0.5, 0.6) is 0 Å². The van der Waals surface area contributed by atoms with Crippen molar-refractivity contribution in [3.05, 3.63) is 0 Å². The molecular weight excluding hydrogens is 112 g/mol. The summed E-state index contributed by atoms with van der Waals surface area (Å²) in [5.74, 6) is -1.50. The molecule has 1 heterocycles. The van der Waals surface area contributed by atoms with Gasteiger partial charge in [0, 0.05) is 0 Å². The molecule has 0 spiro atoms. The Morgan fingerprint density at radius 3 is 2.50 bits per heavy atom. The van der Waals surface area contributed by atoms with E-state index in [9.17, 15) is 9.59 Å². The number of esters is 1. The second-order valence-electron chi connectivity index (χ2n) is 1.52. The molecule has 1 saturated heterocycles. The Morgan fingerprint density at radius 1 is 1.88 bits per heavy atom. The summed E-state index contributed by atoms with van der Waals surface area (Å²) in [6, 6.07) is 0. The summed E-state index contributed by atoms with van der Waals surface area (Å²) in [7, 11) is 0. The van der Waals surface area contributed by atoms with Crippen LogP contribution in [0.3, 0.4) is 0 Å². The molecule has 1 aliphatic heterocycles. The Morgan fingerprint density at radius 2 is 2.38 bits per heavy atom. The SMILES string of the molecule is O=C1C[C@H](C(=O)O)O1. The largest absolute Gasteiger partial charge is 0.478 e. The maximum absolute atomic E-state index is 9.93. The Labute approximate surface area is 45.1 Å². The first-order valence-corrected chi connectivity index (χ1v) is 2.12. The van der Waals surface area contributed by atoms with E-state index in [0.29, 0.717) is 0 Å². The molecule has 0 bridgehead atoms. The molecule has 0 aromatic carbocycles. The first-order valence-electron chi connectivity index (χ1n) is 2.12. The molecule has 4 heteroatoms. The number of cyclic esters (lactones) is 1. The molecule has 0 aromatic heterocycles. The van der Waals surface area contributed by atoms with Crippen LogP contribution >= 0.6 is 0 Å². The average molecular weight is 116 g/mol. The van der Waals surface area contributed by atoms with E-state index in [4.69, 9.17) is 5.11 Å². The summed E-state index contributed by atoms with van der Waals surface area (Å²) < 4.78 is 4.16. The lowest BCUT2D eigenvalue weighted by Crippen LogP contribution is -2.39. The standard InChI is InChI=1S/C4H4O4/c5-3-1-2(8-3)4(6)7/h2H,1H2,(H,6,7)/t2-/m1/s1. The lowest BCUT2D eigenvalue weighted by atomic mass is 10.2. The molecule has 44 valence electrons. The molecule has 1 aliphatic rings. The van der Waals surface area contributed by atoms with Gasteiger partial charge in [0.1, 0.15) is 0 Å². The smallest absolute Gasteiger partial charge is 0.345 e. The molecule has 1 atom stereocenters. The van der Waals surface area contributed by atoms with Crippen molar-refractivity contribution in [2.45, 2.75) is 12.5 Å². The van der Waals surface area contributed by atoms with Gasteiger partial charge in [-0.3, -0.25) is 4.79 Å². The maximum atomic E-state index is 9.93. The average Bonchev–Trinajstić information content (AvgIpc) is 1.57. The Balaban J connectivity index is 2.35. The number of ether oxygens (including phenoxy) is 1. The van der Waals surface area contributed by atoms with E-state index >= 15 is 0 Å². The molecule has 0 aliphatic carbocycles. The van der Waals surface area contributed by atoms with Crippen LogP contribution in [0.1, 0.15) is 6.42 Å². The van der Waals surface area contributed by atoms with Crippen LogP contribution in [0.25, 0.3) is 0 Å². The predicted molar refractivity (Wildman–Crippen MR) is 22.1 cm³/mol. The molecule has 8 heavy (non-hydrogen) atoms. The van der Waals surface area contributed by atoms with E-state index in [1.807, 2.05) is 0 Å². The summed E-state index contributed by atoms with van der Waals surface area (Å²) in [6.07, 6.45) is -0.850. The molecular formula is C4H4O4. The van der Waals surface area contributed by atoms with Gasteiger partial charge in [0.05, 0.1) is 6.42 Å². The predicted octanol–water partition coefficient (Wildman–Crippen LogP) is -0.613. The van der Waals surface area contributed by atoms with E-state index < -0.39 is 18.0 Å². The highest BCUT2D eigenvalue weighted by Gasteiger charge is 2.34. The van der Waals surface area contributed by atoms with Crippen LogP contribution in [0, 0.1) is 0 Å². The lowest BCUT2D eigenvalue weighted by Gasteiger charge is -2.20. The first-order chi connectivity index (χ1) is 3.70. The summed E-state index contributed by atoms with van der Waals surface area (Å²) >= 11 is 0. The van der Waals surface area contributed by atoms with Crippen LogP contribution in [0.4, 0.5) is 0 Å². The van der Waals surface area contributed by atoms with E-state index in [2.05, 4.69) is 4.74 Å². The monoisotopic (exact) mass is 116 g/mol. The van der Waals surface area contributed by atoms with E-state index in [-0.39, 0.29) is 6.42 Å². The van der Waals surface area contributed by atoms with Gasteiger partial charge in [-0.25, -0.2) is 4.79 Å². The number of rotatable bonds is 1. The normalized spacial score (nSPS) is 26.0. The zero-order valence-corrected chi connectivity index (χ0v) is 3.96. The minimum absolute atomic E-state index is 0.0231. The quantitative estimate of drug-likeness (QED) is 0.464. The minimum atomic E-state index is -1.07. The van der Waals surface area contributed by atoms with Crippen LogP contribution in [-0.4, -0.2) is 23.1 Å². The van der Waals surface area contributed by atoms with Gasteiger partial charge in [-0.15, -0.1) is 0 Å². The third kappa shape index (κ3) is 0.641. The first kappa shape index (κ1) is 5.08. The molecule has 0 radical (unpaired) electrons. The lowest BCUT2D eigenvalue weighted by molar-refractivity contribution is -0.182. The molecule has 1 rings (SSSR count). The number of carboxylic acids is 1. The third-order valence-corrected chi connectivity index (χ3v) is 0.901. The van der Waals surface area contributed by atoms with Crippen molar-refractivity contribution in [3.8, 4) is 0 Å². The number of carbonyl (C=O) groups excluding carboxylic acids is 1. The Kier molecular flexibility index (Phi) is 0.932. The zero-order valence-electron chi connectivity index (χ0n) is 3.96. The second-order valence-corrected chi connectivity index (χ2v) is 1.52. The van der Waals surface area contributed by atoms with Gasteiger partial charge >= 0.3 is 11.9 Å². The number of carbonyl (C=O) groups is 2. The second kappa shape index (κ2) is 1.47. The number of aliphatic carboxylic acids is 1. The zero-order chi connectivity index (χ0) is 6.15. The summed E-state index contributed by atoms with van der Waals surface area (Å²) in [6.45, 7) is 0. The van der Waals surface area contributed by atoms with Crippen molar-refractivity contribution in [3.63, 3.8) is 0 Å². The van der Waals surface area contributed by atoms with Gasteiger partial charge in [-0.1, -0.05) is 0 Å². The highest BCUT2D eigenvalue weighted by Crippen LogP contribution is 2.11. The van der Waals surface area contributed by atoms with Crippen LogP contribution < -0.4 is 0 Å². The summed E-state index contributed by atoms with van der Waals surface area (Å²) in [5.41, 5.74) is 0. The topological polar surface area (TPSA) is 63.6 Å². The van der Waals surface area contributed by atoms with Gasteiger partial charge in [0.25, 0.3) is 0 Å².